The van der Waals surface area contributed by atoms with E-state index in [1.165, 1.54) is 38.2 Å². The van der Waals surface area contributed by atoms with Crippen LogP contribution in [0.4, 0.5) is 4.39 Å². The van der Waals surface area contributed by atoms with E-state index in [2.05, 4.69) is 11.4 Å². The highest BCUT2D eigenvalue weighted by molar-refractivity contribution is 5.85. The maximum atomic E-state index is 14.2. The fraction of sp³-hybridized carbons (Fsp3) is 0.667. The van der Waals surface area contributed by atoms with Gasteiger partial charge in [0, 0.05) is 5.56 Å². The van der Waals surface area contributed by atoms with Crippen molar-refractivity contribution in [2.45, 2.75) is 50.9 Å². The molecule has 124 valence electrons. The number of hydrogen-bond donors (Lipinski definition) is 1. The van der Waals surface area contributed by atoms with Gasteiger partial charge in [-0.15, -0.1) is 12.4 Å². The van der Waals surface area contributed by atoms with Crippen molar-refractivity contribution in [1.29, 1.82) is 0 Å². The summed E-state index contributed by atoms with van der Waals surface area (Å²) in [5, 5.41) is 3.37. The first-order chi connectivity index (χ1) is 10.3. The Morgan fingerprint density at radius 3 is 2.50 bits per heavy atom. The number of rotatable bonds is 4. The molecule has 22 heavy (non-hydrogen) atoms. The second kappa shape index (κ2) is 8.73. The number of benzene rings is 1. The predicted octanol–water partition coefficient (Wildman–Crippen LogP) is 4.67. The highest BCUT2D eigenvalue weighted by Gasteiger charge is 2.22. The van der Waals surface area contributed by atoms with Crippen LogP contribution in [0, 0.1) is 11.7 Å². The minimum Gasteiger partial charge on any atom is -0.490 e. The summed E-state index contributed by atoms with van der Waals surface area (Å²) < 4.78 is 20.2. The molecule has 1 aromatic rings. The summed E-state index contributed by atoms with van der Waals surface area (Å²) in [6.45, 7) is 2.71. The third-order valence-corrected chi connectivity index (χ3v) is 4.96. The molecule has 1 heterocycles. The third-order valence-electron chi connectivity index (χ3n) is 4.96. The highest BCUT2D eigenvalue weighted by Crippen LogP contribution is 2.35. The lowest BCUT2D eigenvalue weighted by Crippen LogP contribution is -2.27. The summed E-state index contributed by atoms with van der Waals surface area (Å²) >= 11 is 0. The predicted molar refractivity (Wildman–Crippen MR) is 90.6 cm³/mol. The minimum atomic E-state index is -0.193. The van der Waals surface area contributed by atoms with Crippen LogP contribution in [0.3, 0.4) is 0 Å². The summed E-state index contributed by atoms with van der Waals surface area (Å²) in [5.74, 6) is 1.37. The zero-order chi connectivity index (χ0) is 14.5. The molecule has 1 saturated carbocycles. The second-order valence-electron chi connectivity index (χ2n) is 6.50. The number of para-hydroxylation sites is 1. The Morgan fingerprint density at radius 2 is 1.77 bits per heavy atom. The van der Waals surface area contributed by atoms with Crippen molar-refractivity contribution in [3.8, 4) is 5.75 Å². The fourth-order valence-corrected chi connectivity index (χ4v) is 3.69. The van der Waals surface area contributed by atoms with Gasteiger partial charge < -0.3 is 10.1 Å². The van der Waals surface area contributed by atoms with Gasteiger partial charge in [0.25, 0.3) is 0 Å². The first kappa shape index (κ1) is 17.6. The summed E-state index contributed by atoms with van der Waals surface area (Å²) in [4.78, 5) is 0. The summed E-state index contributed by atoms with van der Waals surface area (Å²) in [7, 11) is 0. The molecule has 2 nitrogen and oxygen atoms in total. The number of nitrogens with one attached hydrogen (secondary N) is 1. The topological polar surface area (TPSA) is 21.3 Å². The SMILES string of the molecule is Cl.Fc1cccc(C2CCNCC2)c1OCC1CCCCC1. The van der Waals surface area contributed by atoms with Crippen LogP contribution in [0.5, 0.6) is 5.75 Å². The van der Waals surface area contributed by atoms with Crippen LogP contribution in [0.15, 0.2) is 18.2 Å². The molecule has 4 heteroatoms. The van der Waals surface area contributed by atoms with Crippen LogP contribution >= 0.6 is 12.4 Å². The van der Waals surface area contributed by atoms with E-state index in [1.54, 1.807) is 0 Å². The van der Waals surface area contributed by atoms with E-state index >= 15 is 0 Å². The summed E-state index contributed by atoms with van der Waals surface area (Å²) in [6, 6.07) is 5.40. The zero-order valence-electron chi connectivity index (χ0n) is 13.2. The molecule has 0 unspecified atom stereocenters. The van der Waals surface area contributed by atoms with Crippen LogP contribution in [0.25, 0.3) is 0 Å². The molecule has 3 rings (SSSR count). The lowest BCUT2D eigenvalue weighted by molar-refractivity contribution is 0.199. The minimum absolute atomic E-state index is 0. The van der Waals surface area contributed by atoms with Gasteiger partial charge in [-0.2, -0.15) is 0 Å². The van der Waals surface area contributed by atoms with Crippen LogP contribution in [0.2, 0.25) is 0 Å². The molecular weight excluding hydrogens is 301 g/mol. The molecule has 1 aliphatic heterocycles. The molecule has 1 N–H and O–H groups in total. The van der Waals surface area contributed by atoms with Crippen molar-refractivity contribution in [2.24, 2.45) is 5.92 Å². The van der Waals surface area contributed by atoms with Gasteiger partial charge in [0.1, 0.15) is 0 Å². The lowest BCUT2D eigenvalue weighted by Gasteiger charge is -2.27. The van der Waals surface area contributed by atoms with Crippen molar-refractivity contribution >= 4 is 12.4 Å². The Bertz CT molecular complexity index is 456. The van der Waals surface area contributed by atoms with E-state index in [4.69, 9.17) is 4.74 Å². The molecule has 1 saturated heterocycles. The number of halogens is 2. The largest absolute Gasteiger partial charge is 0.490 e. The van der Waals surface area contributed by atoms with E-state index in [0.717, 1.165) is 31.5 Å². The molecule has 1 aliphatic carbocycles. The Morgan fingerprint density at radius 1 is 1.05 bits per heavy atom. The van der Waals surface area contributed by atoms with E-state index in [0.29, 0.717) is 24.2 Å². The summed E-state index contributed by atoms with van der Waals surface area (Å²) in [6.07, 6.45) is 8.55. The van der Waals surface area contributed by atoms with Gasteiger partial charge in [-0.25, -0.2) is 4.39 Å². The molecule has 0 bridgehead atoms. The fourth-order valence-electron chi connectivity index (χ4n) is 3.69. The Kier molecular flexibility index (Phi) is 6.97. The van der Waals surface area contributed by atoms with E-state index < -0.39 is 0 Å². The first-order valence-corrected chi connectivity index (χ1v) is 8.46. The molecule has 2 fully saturated rings. The third kappa shape index (κ3) is 4.36. The van der Waals surface area contributed by atoms with Crippen molar-refractivity contribution in [2.75, 3.05) is 19.7 Å². The Labute approximate surface area is 139 Å². The standard InChI is InChI=1S/C18H26FNO.ClH/c19-17-8-4-7-16(15-9-11-20-12-10-15)18(17)21-13-14-5-2-1-3-6-14;/h4,7-8,14-15,20H,1-3,5-6,9-13H2;1H. The highest BCUT2D eigenvalue weighted by atomic mass is 35.5. The lowest BCUT2D eigenvalue weighted by atomic mass is 9.89. The van der Waals surface area contributed by atoms with Crippen LogP contribution in [0.1, 0.15) is 56.4 Å². The normalized spacial score (nSPS) is 20.4. The quantitative estimate of drug-likeness (QED) is 0.867. The average molecular weight is 328 g/mol. The van der Waals surface area contributed by atoms with E-state index in [9.17, 15) is 4.39 Å². The maximum absolute atomic E-state index is 14.2. The van der Waals surface area contributed by atoms with Crippen LogP contribution in [-0.2, 0) is 0 Å². The molecule has 0 spiro atoms. The van der Waals surface area contributed by atoms with Gasteiger partial charge in [-0.05, 0) is 56.7 Å². The smallest absolute Gasteiger partial charge is 0.165 e. The van der Waals surface area contributed by atoms with Crippen molar-refractivity contribution in [3.63, 3.8) is 0 Å². The van der Waals surface area contributed by atoms with Crippen molar-refractivity contribution in [1.82, 2.24) is 5.32 Å². The van der Waals surface area contributed by atoms with Crippen LogP contribution in [-0.4, -0.2) is 19.7 Å². The molecule has 0 amide bonds. The Hall–Kier alpha value is -0.800. The van der Waals surface area contributed by atoms with E-state index in [-0.39, 0.29) is 18.2 Å². The number of piperidine rings is 1. The molecule has 0 aromatic heterocycles. The number of hydrogen-bond acceptors (Lipinski definition) is 2. The summed E-state index contributed by atoms with van der Waals surface area (Å²) in [5.41, 5.74) is 1.08. The first-order valence-electron chi connectivity index (χ1n) is 8.46. The van der Waals surface area contributed by atoms with Gasteiger partial charge in [0.15, 0.2) is 11.6 Å². The van der Waals surface area contributed by atoms with Gasteiger partial charge in [0.05, 0.1) is 6.61 Å². The van der Waals surface area contributed by atoms with Gasteiger partial charge in [0.2, 0.25) is 0 Å². The molecule has 0 radical (unpaired) electrons. The Balaban J connectivity index is 0.00000176. The van der Waals surface area contributed by atoms with Gasteiger partial charge in [-0.1, -0.05) is 31.4 Å². The van der Waals surface area contributed by atoms with Crippen LogP contribution < -0.4 is 10.1 Å². The van der Waals surface area contributed by atoms with Crippen molar-refractivity contribution in [3.05, 3.63) is 29.6 Å². The zero-order valence-corrected chi connectivity index (χ0v) is 14.0. The molecule has 0 atom stereocenters. The second-order valence-corrected chi connectivity index (χ2v) is 6.50. The van der Waals surface area contributed by atoms with Crippen molar-refractivity contribution < 1.29 is 9.13 Å². The maximum Gasteiger partial charge on any atom is 0.165 e. The molecular formula is C18H27ClFNO. The average Bonchev–Trinajstić information content (AvgIpc) is 2.55. The molecule has 1 aromatic carbocycles. The van der Waals surface area contributed by atoms with Gasteiger partial charge >= 0.3 is 0 Å². The van der Waals surface area contributed by atoms with Gasteiger partial charge in [-0.3, -0.25) is 0 Å². The number of ether oxygens (including phenoxy) is 1. The monoisotopic (exact) mass is 327 g/mol. The molecule has 2 aliphatic rings. The van der Waals surface area contributed by atoms with E-state index in [1.807, 2.05) is 6.07 Å².